The fourth-order valence-electron chi connectivity index (χ4n) is 3.43. The minimum absolute atomic E-state index is 0.186. The zero-order valence-corrected chi connectivity index (χ0v) is 16.8. The summed E-state index contributed by atoms with van der Waals surface area (Å²) in [5.41, 5.74) is 7.89. The summed E-state index contributed by atoms with van der Waals surface area (Å²) in [6.07, 6.45) is 3.39. The van der Waals surface area contributed by atoms with Gasteiger partial charge in [0.05, 0.1) is 11.1 Å². The predicted octanol–water partition coefficient (Wildman–Crippen LogP) is 4.01. The van der Waals surface area contributed by atoms with Gasteiger partial charge in [-0.3, -0.25) is 4.79 Å². The second kappa shape index (κ2) is 7.86. The van der Waals surface area contributed by atoms with Crippen molar-refractivity contribution >= 4 is 45.0 Å². The number of thiophene rings is 1. The van der Waals surface area contributed by atoms with Crippen LogP contribution in [-0.2, 0) is 24.2 Å². The number of aromatic nitrogens is 2. The third kappa shape index (κ3) is 4.09. The lowest BCUT2D eigenvalue weighted by Gasteiger charge is -2.18. The Bertz CT molecular complexity index is 971. The average Bonchev–Trinajstić information content (AvgIpc) is 3.02. The van der Waals surface area contributed by atoms with Crippen LogP contribution in [0.15, 0.2) is 35.5 Å². The molecular weight excluding hydrogens is 376 g/mol. The monoisotopic (exact) mass is 398 g/mol. The van der Waals surface area contributed by atoms with E-state index in [-0.39, 0.29) is 11.7 Å². The first-order valence-corrected chi connectivity index (χ1v) is 10.9. The molecule has 5 nitrogen and oxygen atoms in total. The fraction of sp³-hybridized carbons (Fsp3) is 0.350. The van der Waals surface area contributed by atoms with E-state index in [0.29, 0.717) is 17.6 Å². The summed E-state index contributed by atoms with van der Waals surface area (Å²) in [7, 11) is 0. The summed E-state index contributed by atoms with van der Waals surface area (Å²) in [5.74, 6) is 1.40. The van der Waals surface area contributed by atoms with Crippen molar-refractivity contribution in [2.75, 3.05) is 11.1 Å². The van der Waals surface area contributed by atoms with Crippen LogP contribution in [0.5, 0.6) is 0 Å². The maximum absolute atomic E-state index is 11.2. The molecule has 0 saturated heterocycles. The van der Waals surface area contributed by atoms with E-state index in [0.717, 1.165) is 28.9 Å². The number of fused-ring (bicyclic) bond motifs is 3. The number of nitrogens with one attached hydrogen (secondary N) is 1. The highest BCUT2D eigenvalue weighted by Crippen LogP contribution is 2.40. The van der Waals surface area contributed by atoms with Gasteiger partial charge >= 0.3 is 0 Å². The summed E-state index contributed by atoms with van der Waals surface area (Å²) in [5, 5.41) is 5.26. The molecule has 3 N–H and O–H groups in total. The molecule has 2 heterocycles. The van der Waals surface area contributed by atoms with Gasteiger partial charge in [0.1, 0.15) is 10.6 Å². The molecule has 1 amide bonds. The number of nitrogens with zero attached hydrogens (tertiary/aromatic N) is 2. The number of nitrogens with two attached hydrogens (primary N) is 1. The van der Waals surface area contributed by atoms with Crippen molar-refractivity contribution in [1.82, 2.24) is 9.97 Å². The van der Waals surface area contributed by atoms with Crippen molar-refractivity contribution in [3.8, 4) is 0 Å². The van der Waals surface area contributed by atoms with Gasteiger partial charge in [-0.25, -0.2) is 9.97 Å². The van der Waals surface area contributed by atoms with Gasteiger partial charge in [0.15, 0.2) is 5.16 Å². The quantitative estimate of drug-likeness (QED) is 0.484. The zero-order valence-electron chi connectivity index (χ0n) is 15.2. The first kappa shape index (κ1) is 18.3. The van der Waals surface area contributed by atoms with E-state index in [1.165, 1.54) is 34.2 Å². The van der Waals surface area contributed by atoms with E-state index in [4.69, 9.17) is 15.7 Å². The van der Waals surface area contributed by atoms with Gasteiger partial charge in [0, 0.05) is 11.4 Å². The highest BCUT2D eigenvalue weighted by molar-refractivity contribution is 7.99. The minimum atomic E-state index is -0.359. The van der Waals surface area contributed by atoms with Crippen molar-refractivity contribution in [3.63, 3.8) is 0 Å². The Balaban J connectivity index is 1.71. The summed E-state index contributed by atoms with van der Waals surface area (Å²) < 4.78 is 0. The lowest BCUT2D eigenvalue weighted by molar-refractivity contribution is -0.115. The van der Waals surface area contributed by atoms with E-state index in [1.54, 1.807) is 11.3 Å². The summed E-state index contributed by atoms with van der Waals surface area (Å²) in [6, 6.07) is 10.3. The molecule has 3 aromatic rings. The smallest absolute Gasteiger partial charge is 0.227 e. The molecule has 27 heavy (non-hydrogen) atoms. The number of hydrogen-bond acceptors (Lipinski definition) is 6. The Morgan fingerprint density at radius 2 is 2.15 bits per heavy atom. The molecule has 0 aliphatic heterocycles. The Morgan fingerprint density at radius 3 is 2.93 bits per heavy atom. The van der Waals surface area contributed by atoms with Gasteiger partial charge in [-0.15, -0.1) is 11.3 Å². The molecule has 4 rings (SSSR count). The number of aryl methyl sites for hydroxylation is 1. The van der Waals surface area contributed by atoms with Crippen LogP contribution < -0.4 is 11.1 Å². The number of carbonyl (C=O) groups is 1. The van der Waals surface area contributed by atoms with E-state index in [9.17, 15) is 4.79 Å². The van der Waals surface area contributed by atoms with Gasteiger partial charge in [-0.05, 0) is 36.3 Å². The lowest BCUT2D eigenvalue weighted by atomic mass is 9.89. The molecule has 2 aromatic heterocycles. The summed E-state index contributed by atoms with van der Waals surface area (Å²) in [4.78, 5) is 23.0. The molecule has 1 aromatic carbocycles. The number of anilines is 1. The highest BCUT2D eigenvalue weighted by Gasteiger charge is 2.24. The summed E-state index contributed by atoms with van der Waals surface area (Å²) in [6.45, 7) is 3.01. The molecule has 1 aliphatic carbocycles. The van der Waals surface area contributed by atoms with Gasteiger partial charge in [0.25, 0.3) is 0 Å². The molecule has 7 heteroatoms. The van der Waals surface area contributed by atoms with Gasteiger partial charge in [-0.1, -0.05) is 49.0 Å². The molecule has 0 unspecified atom stereocenters. The maximum Gasteiger partial charge on any atom is 0.227 e. The van der Waals surface area contributed by atoms with Crippen molar-refractivity contribution < 1.29 is 4.79 Å². The molecule has 0 saturated carbocycles. The predicted molar refractivity (Wildman–Crippen MR) is 112 cm³/mol. The van der Waals surface area contributed by atoms with E-state index < -0.39 is 0 Å². The van der Waals surface area contributed by atoms with Crippen molar-refractivity contribution in [1.29, 1.82) is 0 Å². The van der Waals surface area contributed by atoms with Crippen LogP contribution in [0.1, 0.15) is 29.3 Å². The Morgan fingerprint density at radius 1 is 1.33 bits per heavy atom. The largest absolute Gasteiger partial charge is 0.369 e. The first-order valence-electron chi connectivity index (χ1n) is 9.11. The fourth-order valence-corrected chi connectivity index (χ4v) is 5.46. The highest BCUT2D eigenvalue weighted by atomic mass is 32.2. The van der Waals surface area contributed by atoms with E-state index in [1.807, 2.05) is 18.2 Å². The number of amides is 1. The van der Waals surface area contributed by atoms with Gasteiger partial charge < -0.3 is 11.1 Å². The third-order valence-corrected chi connectivity index (χ3v) is 6.80. The molecule has 0 radical (unpaired) electrons. The number of primary amides is 1. The van der Waals surface area contributed by atoms with Crippen LogP contribution >= 0.6 is 23.1 Å². The number of carbonyl (C=O) groups excluding carboxylic acids is 1. The van der Waals surface area contributed by atoms with Crippen molar-refractivity contribution in [2.24, 2.45) is 11.7 Å². The Kier molecular flexibility index (Phi) is 5.31. The summed E-state index contributed by atoms with van der Waals surface area (Å²) >= 11 is 3.06. The number of benzene rings is 1. The van der Waals surface area contributed by atoms with Crippen LogP contribution in [0.25, 0.3) is 10.2 Å². The molecule has 0 bridgehead atoms. The molecule has 140 valence electrons. The average molecular weight is 399 g/mol. The number of rotatable bonds is 6. The van der Waals surface area contributed by atoms with Crippen molar-refractivity contribution in [3.05, 3.63) is 46.3 Å². The molecule has 1 atom stereocenters. The second-order valence-corrected chi connectivity index (χ2v) is 9.01. The molecular formula is C20H22N4OS2. The number of hydrogen-bond donors (Lipinski definition) is 2. The molecule has 0 spiro atoms. The minimum Gasteiger partial charge on any atom is -0.369 e. The van der Waals surface area contributed by atoms with Crippen LogP contribution in [0.2, 0.25) is 0 Å². The molecule has 0 fully saturated rings. The van der Waals surface area contributed by atoms with Crippen LogP contribution in [0.3, 0.4) is 0 Å². The Labute approximate surface area is 166 Å². The topological polar surface area (TPSA) is 80.9 Å². The first-order chi connectivity index (χ1) is 13.1. The van der Waals surface area contributed by atoms with E-state index in [2.05, 4.69) is 24.4 Å². The van der Waals surface area contributed by atoms with Crippen LogP contribution in [0, 0.1) is 5.92 Å². The zero-order chi connectivity index (χ0) is 18.8. The van der Waals surface area contributed by atoms with Crippen LogP contribution in [0.4, 0.5) is 5.82 Å². The van der Waals surface area contributed by atoms with Crippen LogP contribution in [-0.4, -0.2) is 21.6 Å². The number of thioether (sulfide) groups is 1. The van der Waals surface area contributed by atoms with Crippen molar-refractivity contribution in [2.45, 2.75) is 37.9 Å². The third-order valence-electron chi connectivity index (χ3n) is 4.78. The van der Waals surface area contributed by atoms with E-state index >= 15 is 0 Å². The van der Waals surface area contributed by atoms with Gasteiger partial charge in [-0.2, -0.15) is 0 Å². The van der Waals surface area contributed by atoms with Gasteiger partial charge in [0.2, 0.25) is 5.91 Å². The molecule has 1 aliphatic rings. The second-order valence-electron chi connectivity index (χ2n) is 6.98. The Hall–Kier alpha value is -2.12. The normalized spacial score (nSPS) is 16.3. The lowest BCUT2D eigenvalue weighted by Crippen LogP contribution is -2.13. The SMILES string of the molecule is C[C@@H]1CCc2c(sc3nc(SCC(N)=O)nc(NCc4ccccc4)c23)C1. The maximum atomic E-state index is 11.2. The standard InChI is InChI=1S/C20H22N4OS2/c1-12-7-8-14-15(9-12)27-19-17(14)18(22-10-13-5-3-2-4-6-13)23-20(24-19)26-11-16(21)25/h2-6,12H,7-11H2,1H3,(H2,21,25)(H,22,23,24)/t12-/m1/s1.